The van der Waals surface area contributed by atoms with Gasteiger partial charge in [0.2, 0.25) is 0 Å². The molecule has 2 heterocycles. The topological polar surface area (TPSA) is 9.23 Å². The lowest BCUT2D eigenvalue weighted by Crippen LogP contribution is -1.81. The zero-order valence-electron chi connectivity index (χ0n) is 13.2. The van der Waals surface area contributed by atoms with Gasteiger partial charge in [-0.1, -0.05) is 26.2 Å². The van der Waals surface area contributed by atoms with E-state index in [9.17, 15) is 0 Å². The van der Waals surface area contributed by atoms with Gasteiger partial charge in [0.15, 0.2) is 0 Å². The van der Waals surface area contributed by atoms with Gasteiger partial charge in [0.1, 0.15) is 5.75 Å². The van der Waals surface area contributed by atoms with E-state index in [0.717, 1.165) is 5.75 Å². The molecule has 0 spiro atoms. The standard InChI is InChI=1S/C19H22OS2/c1-3-4-5-6-7-16-12-18-19(21-16)13-17(22-18)14-8-10-15(20-2)11-9-14/h8-13H,3-7H2,1-2H3. The van der Waals surface area contributed by atoms with E-state index < -0.39 is 0 Å². The van der Waals surface area contributed by atoms with Crippen molar-refractivity contribution in [1.82, 2.24) is 0 Å². The fraction of sp³-hybridized carbons (Fsp3) is 0.368. The molecule has 0 aliphatic rings. The first kappa shape index (κ1) is 15.6. The number of aryl methyl sites for hydroxylation is 1. The molecule has 0 aliphatic heterocycles. The molecule has 3 aromatic rings. The molecule has 0 radical (unpaired) electrons. The van der Waals surface area contributed by atoms with Gasteiger partial charge >= 0.3 is 0 Å². The van der Waals surface area contributed by atoms with Gasteiger partial charge in [-0.3, -0.25) is 0 Å². The normalized spacial score (nSPS) is 11.2. The third-order valence-electron chi connectivity index (χ3n) is 3.91. The smallest absolute Gasteiger partial charge is 0.118 e. The van der Waals surface area contributed by atoms with Crippen molar-refractivity contribution in [2.45, 2.75) is 39.0 Å². The molecule has 0 bridgehead atoms. The molecule has 3 rings (SSSR count). The van der Waals surface area contributed by atoms with Crippen LogP contribution in [0.1, 0.15) is 37.5 Å². The summed E-state index contributed by atoms with van der Waals surface area (Å²) < 4.78 is 8.09. The Balaban J connectivity index is 1.72. The summed E-state index contributed by atoms with van der Waals surface area (Å²) >= 11 is 3.86. The summed E-state index contributed by atoms with van der Waals surface area (Å²) in [7, 11) is 1.71. The number of ether oxygens (including phenoxy) is 1. The van der Waals surface area contributed by atoms with Crippen molar-refractivity contribution in [3.05, 3.63) is 41.3 Å². The lowest BCUT2D eigenvalue weighted by Gasteiger charge is -2.00. The fourth-order valence-corrected chi connectivity index (χ4v) is 5.10. The van der Waals surface area contributed by atoms with Gasteiger partial charge in [-0.05, 0) is 54.8 Å². The van der Waals surface area contributed by atoms with Gasteiger partial charge in [0.05, 0.1) is 7.11 Å². The van der Waals surface area contributed by atoms with Gasteiger partial charge in [0, 0.05) is 19.2 Å². The summed E-state index contributed by atoms with van der Waals surface area (Å²) in [5.41, 5.74) is 1.28. The number of fused-ring (bicyclic) bond motifs is 1. The average Bonchev–Trinajstić information content (AvgIpc) is 3.10. The van der Waals surface area contributed by atoms with E-state index in [0.29, 0.717) is 0 Å². The van der Waals surface area contributed by atoms with E-state index in [1.807, 2.05) is 34.8 Å². The molecule has 0 saturated carbocycles. The molecule has 0 saturated heterocycles. The Kier molecular flexibility index (Phi) is 5.16. The average molecular weight is 331 g/mol. The Morgan fingerprint density at radius 2 is 1.68 bits per heavy atom. The molecule has 1 nitrogen and oxygen atoms in total. The Labute approximate surface area is 140 Å². The fourth-order valence-electron chi connectivity index (χ4n) is 2.63. The summed E-state index contributed by atoms with van der Waals surface area (Å²) in [6.07, 6.45) is 6.60. The van der Waals surface area contributed by atoms with Crippen LogP contribution in [0, 0.1) is 0 Å². The Bertz CT molecular complexity index is 690. The van der Waals surface area contributed by atoms with Gasteiger partial charge in [-0.15, -0.1) is 22.7 Å². The maximum atomic E-state index is 5.22. The highest BCUT2D eigenvalue weighted by molar-refractivity contribution is 7.29. The molecule has 116 valence electrons. The highest BCUT2D eigenvalue weighted by Gasteiger charge is 2.08. The molecule has 0 amide bonds. The lowest BCUT2D eigenvalue weighted by atomic mass is 10.1. The zero-order valence-corrected chi connectivity index (χ0v) is 14.9. The predicted octanol–water partition coefficient (Wildman–Crippen LogP) is 6.76. The van der Waals surface area contributed by atoms with Crippen LogP contribution in [0.5, 0.6) is 5.75 Å². The van der Waals surface area contributed by atoms with Crippen molar-refractivity contribution in [1.29, 1.82) is 0 Å². The van der Waals surface area contributed by atoms with Crippen LogP contribution in [0.2, 0.25) is 0 Å². The first-order valence-corrected chi connectivity index (χ1v) is 9.60. The summed E-state index contributed by atoms with van der Waals surface area (Å²) in [6.45, 7) is 2.27. The van der Waals surface area contributed by atoms with E-state index in [2.05, 4.69) is 31.2 Å². The highest BCUT2D eigenvalue weighted by Crippen LogP contribution is 2.39. The highest BCUT2D eigenvalue weighted by atomic mass is 32.1. The summed E-state index contributed by atoms with van der Waals surface area (Å²) in [4.78, 5) is 2.89. The van der Waals surface area contributed by atoms with Crippen molar-refractivity contribution in [3.63, 3.8) is 0 Å². The van der Waals surface area contributed by atoms with E-state index in [1.54, 1.807) is 12.0 Å². The molecule has 1 aromatic carbocycles. The number of benzene rings is 1. The molecule has 2 aromatic heterocycles. The van der Waals surface area contributed by atoms with E-state index in [-0.39, 0.29) is 0 Å². The first-order chi connectivity index (χ1) is 10.8. The quantitative estimate of drug-likeness (QED) is 0.435. The minimum Gasteiger partial charge on any atom is -0.497 e. The summed E-state index contributed by atoms with van der Waals surface area (Å²) in [6, 6.07) is 13.1. The number of rotatable bonds is 7. The van der Waals surface area contributed by atoms with Crippen LogP contribution in [0.4, 0.5) is 0 Å². The van der Waals surface area contributed by atoms with E-state index in [4.69, 9.17) is 4.74 Å². The Morgan fingerprint density at radius 3 is 2.36 bits per heavy atom. The van der Waals surface area contributed by atoms with Crippen molar-refractivity contribution < 1.29 is 4.74 Å². The number of unbranched alkanes of at least 4 members (excludes halogenated alkanes) is 3. The molecule has 0 N–H and O–H groups in total. The second-order valence-corrected chi connectivity index (χ2v) is 7.84. The number of hydrogen-bond donors (Lipinski definition) is 0. The third-order valence-corrected chi connectivity index (χ3v) is 6.31. The second-order valence-electron chi connectivity index (χ2n) is 5.59. The van der Waals surface area contributed by atoms with Crippen LogP contribution in [0.25, 0.3) is 19.8 Å². The van der Waals surface area contributed by atoms with Crippen LogP contribution in [0.3, 0.4) is 0 Å². The van der Waals surface area contributed by atoms with Crippen molar-refractivity contribution >= 4 is 32.1 Å². The van der Waals surface area contributed by atoms with Crippen molar-refractivity contribution in [3.8, 4) is 16.2 Å². The summed E-state index contributed by atoms with van der Waals surface area (Å²) in [5, 5.41) is 0. The number of thiophene rings is 2. The first-order valence-electron chi connectivity index (χ1n) is 7.97. The third kappa shape index (κ3) is 3.53. The molecule has 0 atom stereocenters. The van der Waals surface area contributed by atoms with Crippen LogP contribution < -0.4 is 4.74 Å². The number of hydrogen-bond acceptors (Lipinski definition) is 3. The zero-order chi connectivity index (χ0) is 15.4. The predicted molar refractivity (Wildman–Crippen MR) is 99.5 cm³/mol. The lowest BCUT2D eigenvalue weighted by molar-refractivity contribution is 0.415. The van der Waals surface area contributed by atoms with Gasteiger partial charge in [0.25, 0.3) is 0 Å². The van der Waals surface area contributed by atoms with Crippen LogP contribution in [-0.2, 0) is 6.42 Å². The molecule has 0 unspecified atom stereocenters. The van der Waals surface area contributed by atoms with Gasteiger partial charge in [-0.25, -0.2) is 0 Å². The van der Waals surface area contributed by atoms with Gasteiger partial charge in [-0.2, -0.15) is 0 Å². The monoisotopic (exact) mass is 330 g/mol. The maximum absolute atomic E-state index is 5.22. The molecular weight excluding hydrogens is 308 g/mol. The van der Waals surface area contributed by atoms with Crippen LogP contribution in [0.15, 0.2) is 36.4 Å². The minimum absolute atomic E-state index is 0.913. The van der Waals surface area contributed by atoms with Gasteiger partial charge < -0.3 is 4.74 Å². The molecule has 3 heteroatoms. The SMILES string of the molecule is CCCCCCc1cc2sc(-c3ccc(OC)cc3)cc2s1. The Hall–Kier alpha value is -1.32. The van der Waals surface area contributed by atoms with E-state index in [1.165, 1.54) is 51.9 Å². The second kappa shape index (κ2) is 7.30. The van der Waals surface area contributed by atoms with Crippen molar-refractivity contribution in [2.75, 3.05) is 7.11 Å². The van der Waals surface area contributed by atoms with Crippen LogP contribution >= 0.6 is 22.7 Å². The van der Waals surface area contributed by atoms with Crippen LogP contribution in [-0.4, -0.2) is 7.11 Å². The summed E-state index contributed by atoms with van der Waals surface area (Å²) in [5.74, 6) is 0.913. The largest absolute Gasteiger partial charge is 0.497 e. The maximum Gasteiger partial charge on any atom is 0.118 e. The molecule has 0 fully saturated rings. The molecule has 22 heavy (non-hydrogen) atoms. The Morgan fingerprint density at radius 1 is 0.909 bits per heavy atom. The van der Waals surface area contributed by atoms with E-state index >= 15 is 0 Å². The van der Waals surface area contributed by atoms with Crippen molar-refractivity contribution in [2.24, 2.45) is 0 Å². The molecular formula is C19H22OS2. The number of methoxy groups -OCH3 is 1. The molecule has 0 aliphatic carbocycles. The minimum atomic E-state index is 0.913.